The predicted molar refractivity (Wildman–Crippen MR) is 104 cm³/mol. The third-order valence-corrected chi connectivity index (χ3v) is 4.52. The number of anilines is 1. The second-order valence-electron chi connectivity index (χ2n) is 5.80. The SMILES string of the molecule is COc1ccc(/C=C2/NC(=O)N(CC(=O)Nc3ccccc3F)C2=O)cc1Br. The van der Waals surface area contributed by atoms with E-state index < -0.39 is 30.2 Å². The van der Waals surface area contributed by atoms with E-state index >= 15 is 0 Å². The van der Waals surface area contributed by atoms with Crippen LogP contribution in [0.15, 0.2) is 52.6 Å². The summed E-state index contributed by atoms with van der Waals surface area (Å²) >= 11 is 3.35. The second kappa shape index (κ2) is 8.22. The lowest BCUT2D eigenvalue weighted by Crippen LogP contribution is -2.38. The average molecular weight is 448 g/mol. The highest BCUT2D eigenvalue weighted by Gasteiger charge is 2.35. The van der Waals surface area contributed by atoms with Crippen molar-refractivity contribution >= 4 is 45.5 Å². The summed E-state index contributed by atoms with van der Waals surface area (Å²) < 4.78 is 19.4. The highest BCUT2D eigenvalue weighted by atomic mass is 79.9. The van der Waals surface area contributed by atoms with E-state index in [0.717, 1.165) is 4.90 Å². The van der Waals surface area contributed by atoms with Crippen LogP contribution in [0.3, 0.4) is 0 Å². The highest BCUT2D eigenvalue weighted by molar-refractivity contribution is 9.10. The topological polar surface area (TPSA) is 87.7 Å². The van der Waals surface area contributed by atoms with Crippen molar-refractivity contribution in [3.63, 3.8) is 0 Å². The number of amides is 4. The lowest BCUT2D eigenvalue weighted by Gasteiger charge is -2.12. The van der Waals surface area contributed by atoms with Crippen molar-refractivity contribution in [3.8, 4) is 5.75 Å². The molecule has 0 bridgehead atoms. The monoisotopic (exact) mass is 447 g/mol. The number of ether oxygens (including phenoxy) is 1. The molecule has 144 valence electrons. The molecule has 1 heterocycles. The molecule has 3 rings (SSSR count). The number of imide groups is 1. The Balaban J connectivity index is 1.72. The van der Waals surface area contributed by atoms with E-state index in [1.165, 1.54) is 31.4 Å². The summed E-state index contributed by atoms with van der Waals surface area (Å²) in [6, 6.07) is 10.0. The van der Waals surface area contributed by atoms with Gasteiger partial charge in [0.15, 0.2) is 0 Å². The van der Waals surface area contributed by atoms with E-state index in [9.17, 15) is 18.8 Å². The maximum absolute atomic E-state index is 13.6. The first kappa shape index (κ1) is 19.6. The molecule has 1 saturated heterocycles. The first-order valence-electron chi connectivity index (χ1n) is 8.11. The second-order valence-corrected chi connectivity index (χ2v) is 6.66. The molecule has 9 heteroatoms. The largest absolute Gasteiger partial charge is 0.496 e. The number of methoxy groups -OCH3 is 1. The van der Waals surface area contributed by atoms with Gasteiger partial charge in [-0.1, -0.05) is 18.2 Å². The Kier molecular flexibility index (Phi) is 5.74. The number of carbonyl (C=O) groups excluding carboxylic acids is 3. The lowest BCUT2D eigenvalue weighted by molar-refractivity contribution is -0.127. The van der Waals surface area contributed by atoms with E-state index in [1.54, 1.807) is 24.3 Å². The van der Waals surface area contributed by atoms with E-state index in [2.05, 4.69) is 26.6 Å². The molecular weight excluding hydrogens is 433 g/mol. The van der Waals surface area contributed by atoms with Crippen LogP contribution in [0, 0.1) is 5.82 Å². The van der Waals surface area contributed by atoms with Gasteiger partial charge in [0, 0.05) is 0 Å². The van der Waals surface area contributed by atoms with Crippen LogP contribution in [0.25, 0.3) is 6.08 Å². The number of benzene rings is 2. The maximum Gasteiger partial charge on any atom is 0.329 e. The Hall–Kier alpha value is -3.20. The highest BCUT2D eigenvalue weighted by Crippen LogP contribution is 2.27. The van der Waals surface area contributed by atoms with Crippen LogP contribution in [-0.4, -0.2) is 36.4 Å². The smallest absolute Gasteiger partial charge is 0.329 e. The molecule has 2 N–H and O–H groups in total. The Morgan fingerprint density at radius 3 is 2.71 bits per heavy atom. The van der Waals surface area contributed by atoms with Gasteiger partial charge >= 0.3 is 6.03 Å². The first-order valence-corrected chi connectivity index (χ1v) is 8.91. The normalized spacial score (nSPS) is 15.0. The molecule has 1 fully saturated rings. The number of urea groups is 1. The van der Waals surface area contributed by atoms with Crippen molar-refractivity contribution in [1.29, 1.82) is 0 Å². The van der Waals surface area contributed by atoms with Gasteiger partial charge in [0.1, 0.15) is 23.8 Å². The van der Waals surface area contributed by atoms with E-state index in [4.69, 9.17) is 4.74 Å². The molecule has 0 aliphatic carbocycles. The van der Waals surface area contributed by atoms with Gasteiger partial charge in [0.25, 0.3) is 5.91 Å². The first-order chi connectivity index (χ1) is 13.4. The van der Waals surface area contributed by atoms with Gasteiger partial charge in [0.05, 0.1) is 17.3 Å². The van der Waals surface area contributed by atoms with Gasteiger partial charge in [-0.05, 0) is 51.8 Å². The zero-order valence-corrected chi connectivity index (χ0v) is 16.2. The van der Waals surface area contributed by atoms with Gasteiger partial charge in [-0.15, -0.1) is 0 Å². The zero-order valence-electron chi connectivity index (χ0n) is 14.7. The van der Waals surface area contributed by atoms with Crippen LogP contribution >= 0.6 is 15.9 Å². The minimum Gasteiger partial charge on any atom is -0.496 e. The number of hydrogen-bond donors (Lipinski definition) is 2. The summed E-state index contributed by atoms with van der Waals surface area (Å²) in [5, 5.41) is 4.76. The Labute approximate surface area is 168 Å². The van der Waals surface area contributed by atoms with Gasteiger partial charge in [0.2, 0.25) is 5.91 Å². The van der Waals surface area contributed by atoms with Crippen molar-refractivity contribution < 1.29 is 23.5 Å². The fourth-order valence-electron chi connectivity index (χ4n) is 2.55. The molecule has 28 heavy (non-hydrogen) atoms. The number of nitrogens with zero attached hydrogens (tertiary/aromatic N) is 1. The fraction of sp³-hybridized carbons (Fsp3) is 0.105. The minimum absolute atomic E-state index is 0.0285. The molecule has 0 spiro atoms. The summed E-state index contributed by atoms with van der Waals surface area (Å²) in [5.74, 6) is -1.34. The van der Waals surface area contributed by atoms with Gasteiger partial charge < -0.3 is 15.4 Å². The van der Waals surface area contributed by atoms with Crippen molar-refractivity contribution in [2.24, 2.45) is 0 Å². The van der Waals surface area contributed by atoms with Crippen LogP contribution in [0.1, 0.15) is 5.56 Å². The molecule has 2 aromatic rings. The van der Waals surface area contributed by atoms with E-state index in [1.807, 2.05) is 0 Å². The Morgan fingerprint density at radius 2 is 2.04 bits per heavy atom. The summed E-state index contributed by atoms with van der Waals surface area (Å²) in [4.78, 5) is 37.4. The van der Waals surface area contributed by atoms with Crippen LogP contribution in [0.5, 0.6) is 5.75 Å². The van der Waals surface area contributed by atoms with Crippen molar-refractivity contribution in [2.45, 2.75) is 0 Å². The number of carbonyl (C=O) groups is 3. The van der Waals surface area contributed by atoms with E-state index in [0.29, 0.717) is 15.8 Å². The summed E-state index contributed by atoms with van der Waals surface area (Å²) in [5.41, 5.74) is 0.646. The number of hydrogen-bond acceptors (Lipinski definition) is 4. The molecule has 2 aromatic carbocycles. The zero-order chi connectivity index (χ0) is 20.3. The summed E-state index contributed by atoms with van der Waals surface area (Å²) in [7, 11) is 1.53. The number of para-hydroxylation sites is 1. The molecule has 0 saturated carbocycles. The molecule has 4 amide bonds. The van der Waals surface area contributed by atoms with Crippen molar-refractivity contribution in [1.82, 2.24) is 10.2 Å². The average Bonchev–Trinajstić information content (AvgIpc) is 2.91. The van der Waals surface area contributed by atoms with Gasteiger partial charge in [-0.25, -0.2) is 14.1 Å². The molecule has 1 aliphatic rings. The molecule has 0 unspecified atom stereocenters. The Morgan fingerprint density at radius 1 is 1.29 bits per heavy atom. The Bertz CT molecular complexity index is 993. The third-order valence-electron chi connectivity index (χ3n) is 3.90. The number of halogens is 2. The quantitative estimate of drug-likeness (QED) is 0.544. The molecular formula is C19H15BrFN3O4. The van der Waals surface area contributed by atoms with Gasteiger partial charge in [-0.3, -0.25) is 9.59 Å². The standard InChI is InChI=1S/C19H15BrFN3O4/c1-28-16-7-6-11(8-12(16)20)9-15-18(26)24(19(27)23-15)10-17(25)22-14-5-3-2-4-13(14)21/h2-9H,10H2,1H3,(H,22,25)(H,23,27)/b15-9+. The third kappa shape index (κ3) is 4.20. The lowest BCUT2D eigenvalue weighted by atomic mass is 10.2. The van der Waals surface area contributed by atoms with Crippen LogP contribution in [-0.2, 0) is 9.59 Å². The van der Waals surface area contributed by atoms with Crippen molar-refractivity contribution in [3.05, 3.63) is 64.0 Å². The number of rotatable bonds is 5. The molecule has 1 aliphatic heterocycles. The summed E-state index contributed by atoms with van der Waals surface area (Å²) in [6.07, 6.45) is 1.49. The minimum atomic E-state index is -0.729. The van der Waals surface area contributed by atoms with Gasteiger partial charge in [-0.2, -0.15) is 0 Å². The molecule has 0 radical (unpaired) electrons. The molecule has 0 aromatic heterocycles. The number of nitrogens with one attached hydrogen (secondary N) is 2. The fourth-order valence-corrected chi connectivity index (χ4v) is 3.11. The van der Waals surface area contributed by atoms with Crippen LogP contribution in [0.2, 0.25) is 0 Å². The maximum atomic E-state index is 13.6. The van der Waals surface area contributed by atoms with E-state index in [-0.39, 0.29) is 11.4 Å². The summed E-state index contributed by atoms with van der Waals surface area (Å²) in [6.45, 7) is -0.539. The van der Waals surface area contributed by atoms with Crippen LogP contribution < -0.4 is 15.4 Å². The predicted octanol–water partition coefficient (Wildman–Crippen LogP) is 3.13. The van der Waals surface area contributed by atoms with Crippen LogP contribution in [0.4, 0.5) is 14.9 Å². The molecule has 7 nitrogen and oxygen atoms in total. The van der Waals surface area contributed by atoms with Crippen molar-refractivity contribution in [2.75, 3.05) is 19.0 Å². The molecule has 0 atom stereocenters.